The molecular weight excluding hydrogens is 242 g/mol. The van der Waals surface area contributed by atoms with Crippen molar-refractivity contribution in [1.82, 2.24) is 5.32 Å². The van der Waals surface area contributed by atoms with Gasteiger partial charge in [-0.2, -0.15) is 0 Å². The zero-order valence-corrected chi connectivity index (χ0v) is 17.0. The molecule has 1 heteroatoms. The highest BCUT2D eigenvalue weighted by atomic mass is 14.8. The van der Waals surface area contributed by atoms with Crippen LogP contribution < -0.4 is 5.32 Å². The van der Waals surface area contributed by atoms with Crippen LogP contribution in [0.3, 0.4) is 0 Å². The summed E-state index contributed by atoms with van der Waals surface area (Å²) in [6.07, 6.45) is 5.52. The zero-order chi connectivity index (χ0) is 17.8. The summed E-state index contributed by atoms with van der Waals surface area (Å²) in [5.41, 5.74) is 0. The van der Waals surface area contributed by atoms with Gasteiger partial charge in [0.1, 0.15) is 0 Å². The van der Waals surface area contributed by atoms with E-state index in [-0.39, 0.29) is 0 Å². The van der Waals surface area contributed by atoms with Crippen LogP contribution in [-0.4, -0.2) is 13.6 Å². The van der Waals surface area contributed by atoms with Gasteiger partial charge >= 0.3 is 0 Å². The van der Waals surface area contributed by atoms with Crippen LogP contribution in [0.25, 0.3) is 0 Å². The quantitative estimate of drug-likeness (QED) is 0.523. The van der Waals surface area contributed by atoms with Crippen LogP contribution >= 0.6 is 0 Å². The average molecular weight is 292 g/mol. The van der Waals surface area contributed by atoms with Gasteiger partial charge in [0, 0.05) is 0 Å². The Morgan fingerprint density at radius 1 is 0.750 bits per heavy atom. The second kappa shape index (κ2) is 77.4. The molecule has 0 amide bonds. The van der Waals surface area contributed by atoms with E-state index in [2.05, 4.69) is 46.2 Å². The number of rotatable bonds is 5. The highest BCUT2D eigenvalue weighted by molar-refractivity contribution is 4.48. The van der Waals surface area contributed by atoms with Gasteiger partial charge in [0.25, 0.3) is 0 Å². The molecule has 0 aliphatic rings. The molecule has 1 N–H and O–H groups in total. The second-order valence-corrected chi connectivity index (χ2v) is 3.39. The minimum absolute atomic E-state index is 0.963. The summed E-state index contributed by atoms with van der Waals surface area (Å²) in [6, 6.07) is 0. The van der Waals surface area contributed by atoms with Crippen molar-refractivity contribution >= 4 is 0 Å². The van der Waals surface area contributed by atoms with E-state index < -0.39 is 0 Å². The summed E-state index contributed by atoms with van der Waals surface area (Å²) in [4.78, 5) is 0. The molecule has 0 aliphatic carbocycles. The zero-order valence-electron chi connectivity index (χ0n) is 17.0. The van der Waals surface area contributed by atoms with Crippen molar-refractivity contribution in [3.8, 4) is 0 Å². The SMILES string of the molecule is C=C.CC.CC.CC.CCCC(C)CCC.CCNC. The molecule has 0 rings (SSSR count). The van der Waals surface area contributed by atoms with Crippen molar-refractivity contribution in [3.63, 3.8) is 0 Å². The maximum Gasteiger partial charge on any atom is -0.00804 e. The largest absolute Gasteiger partial charge is 0.320 e. The van der Waals surface area contributed by atoms with E-state index >= 15 is 0 Å². The fourth-order valence-electron chi connectivity index (χ4n) is 1.13. The van der Waals surface area contributed by atoms with Crippen LogP contribution in [0.15, 0.2) is 13.2 Å². The van der Waals surface area contributed by atoms with Gasteiger partial charge in [0.2, 0.25) is 0 Å². The van der Waals surface area contributed by atoms with Gasteiger partial charge in [0.05, 0.1) is 0 Å². The van der Waals surface area contributed by atoms with Crippen LogP contribution in [0.5, 0.6) is 0 Å². The van der Waals surface area contributed by atoms with Gasteiger partial charge in [0.15, 0.2) is 0 Å². The van der Waals surface area contributed by atoms with E-state index in [1.165, 1.54) is 25.7 Å². The third-order valence-corrected chi connectivity index (χ3v) is 1.92. The lowest BCUT2D eigenvalue weighted by Crippen LogP contribution is -2.01. The molecule has 20 heavy (non-hydrogen) atoms. The molecule has 1 nitrogen and oxygen atoms in total. The predicted octanol–water partition coefficient (Wildman–Crippen LogP) is 7.33. The first-order valence-corrected chi connectivity index (χ1v) is 8.87. The van der Waals surface area contributed by atoms with Crippen molar-refractivity contribution in [2.24, 2.45) is 5.92 Å². The Hall–Kier alpha value is -0.300. The van der Waals surface area contributed by atoms with E-state index in [0.29, 0.717) is 0 Å². The Morgan fingerprint density at radius 2 is 0.950 bits per heavy atom. The van der Waals surface area contributed by atoms with Gasteiger partial charge in [-0.3, -0.25) is 0 Å². The minimum Gasteiger partial charge on any atom is -0.320 e. The summed E-state index contributed by atoms with van der Waals surface area (Å²) in [7, 11) is 1.93. The lowest BCUT2D eigenvalue weighted by Gasteiger charge is -2.05. The molecule has 130 valence electrons. The number of hydrogen-bond donors (Lipinski definition) is 1. The molecule has 0 fully saturated rings. The van der Waals surface area contributed by atoms with Crippen molar-refractivity contribution in [2.45, 2.75) is 94.9 Å². The fourth-order valence-corrected chi connectivity index (χ4v) is 1.13. The fraction of sp³-hybridized carbons (Fsp3) is 0.895. The van der Waals surface area contributed by atoms with Crippen LogP contribution in [0, 0.1) is 5.92 Å². The molecule has 0 bridgehead atoms. The molecule has 0 aromatic carbocycles. The average Bonchev–Trinajstić information content (AvgIpc) is 2.56. The first-order valence-electron chi connectivity index (χ1n) is 8.87. The van der Waals surface area contributed by atoms with E-state index in [0.717, 1.165) is 12.5 Å². The van der Waals surface area contributed by atoms with Crippen LogP contribution in [0.2, 0.25) is 0 Å². The third-order valence-electron chi connectivity index (χ3n) is 1.92. The first kappa shape index (κ1) is 36.7. The molecular formula is C19H49N. The smallest absolute Gasteiger partial charge is 0.00804 e. The van der Waals surface area contributed by atoms with Crippen molar-refractivity contribution in [2.75, 3.05) is 13.6 Å². The summed E-state index contributed by atoms with van der Waals surface area (Å²) < 4.78 is 0. The Kier molecular flexibility index (Phi) is 142. The third kappa shape index (κ3) is 110. The minimum atomic E-state index is 0.963. The lowest BCUT2D eigenvalue weighted by atomic mass is 10.0. The van der Waals surface area contributed by atoms with Crippen molar-refractivity contribution in [1.29, 1.82) is 0 Å². The van der Waals surface area contributed by atoms with E-state index in [4.69, 9.17) is 0 Å². The lowest BCUT2D eigenvalue weighted by molar-refractivity contribution is 0.480. The van der Waals surface area contributed by atoms with Gasteiger partial charge in [-0.15, -0.1) is 13.2 Å². The molecule has 0 atom stereocenters. The van der Waals surface area contributed by atoms with Crippen molar-refractivity contribution < 1.29 is 0 Å². The Labute approximate surface area is 133 Å². The second-order valence-electron chi connectivity index (χ2n) is 3.39. The maximum atomic E-state index is 3.00. The molecule has 0 saturated heterocycles. The van der Waals surface area contributed by atoms with E-state index in [9.17, 15) is 0 Å². The molecule has 0 spiro atoms. The molecule has 0 aliphatic heterocycles. The van der Waals surface area contributed by atoms with Crippen LogP contribution in [0.1, 0.15) is 94.9 Å². The molecule has 0 aromatic rings. The predicted molar refractivity (Wildman–Crippen MR) is 104 cm³/mol. The highest BCUT2D eigenvalue weighted by Gasteiger charge is 1.95. The first-order chi connectivity index (χ1) is 9.72. The van der Waals surface area contributed by atoms with Crippen LogP contribution in [-0.2, 0) is 0 Å². The summed E-state index contributed by atoms with van der Waals surface area (Å²) in [5.74, 6) is 0.963. The highest BCUT2D eigenvalue weighted by Crippen LogP contribution is 2.10. The summed E-state index contributed by atoms with van der Waals surface area (Å²) >= 11 is 0. The Morgan fingerprint density at radius 3 is 1.05 bits per heavy atom. The summed E-state index contributed by atoms with van der Waals surface area (Å²) in [6.45, 7) is 28.0. The van der Waals surface area contributed by atoms with Crippen molar-refractivity contribution in [3.05, 3.63) is 13.2 Å². The molecule has 0 unspecified atom stereocenters. The molecule has 0 radical (unpaired) electrons. The van der Waals surface area contributed by atoms with Gasteiger partial charge in [-0.25, -0.2) is 0 Å². The number of hydrogen-bond acceptors (Lipinski definition) is 1. The van der Waals surface area contributed by atoms with Crippen LogP contribution in [0.4, 0.5) is 0 Å². The van der Waals surface area contributed by atoms with E-state index in [1.54, 1.807) is 0 Å². The molecule has 0 heterocycles. The maximum absolute atomic E-state index is 3.00. The van der Waals surface area contributed by atoms with Gasteiger partial charge in [-0.1, -0.05) is 94.9 Å². The topological polar surface area (TPSA) is 12.0 Å². The van der Waals surface area contributed by atoms with Gasteiger partial charge < -0.3 is 5.32 Å². The molecule has 0 aromatic heterocycles. The normalized spacial score (nSPS) is 6.80. The number of nitrogens with one attached hydrogen (secondary N) is 1. The standard InChI is InChI=1S/C8H18.C3H9N.3C2H6.C2H4/c1-4-6-8(3)7-5-2;1-3-4-2;4*1-2/h8H,4-7H2,1-3H3;4H,3H2,1-2H3;3*1-2H3;1-2H2. The van der Waals surface area contributed by atoms with Gasteiger partial charge in [-0.05, 0) is 19.5 Å². The summed E-state index contributed by atoms with van der Waals surface area (Å²) in [5, 5.41) is 2.93. The Balaban J connectivity index is -0.0000000348. The molecule has 0 saturated carbocycles. The van der Waals surface area contributed by atoms with E-state index in [1.807, 2.05) is 48.6 Å². The Bertz CT molecular complexity index is 64.2. The monoisotopic (exact) mass is 291 g/mol.